The number of likely N-dealkylation sites (tertiary alicyclic amines) is 2. The van der Waals surface area contributed by atoms with Crippen molar-refractivity contribution < 1.29 is 4.79 Å². The maximum absolute atomic E-state index is 12.0. The van der Waals surface area contributed by atoms with E-state index in [2.05, 4.69) is 37.5 Å². The molecule has 2 fully saturated rings. The van der Waals surface area contributed by atoms with Crippen molar-refractivity contribution in [2.24, 2.45) is 17.8 Å². The van der Waals surface area contributed by atoms with Crippen molar-refractivity contribution in [3.63, 3.8) is 0 Å². The summed E-state index contributed by atoms with van der Waals surface area (Å²) in [5.74, 6) is 2.31. The number of nitrogens with zero attached hydrogens (tertiary/aromatic N) is 2. The molecule has 0 aromatic carbocycles. The van der Waals surface area contributed by atoms with Crippen LogP contribution < -0.4 is 0 Å². The first kappa shape index (κ1) is 12.9. The Morgan fingerprint density at radius 1 is 1.06 bits per heavy atom. The number of hydrogen-bond acceptors (Lipinski definition) is 2. The minimum atomic E-state index is 0.366. The lowest BCUT2D eigenvalue weighted by molar-refractivity contribution is -0.131. The molecule has 17 heavy (non-hydrogen) atoms. The van der Waals surface area contributed by atoms with E-state index in [-0.39, 0.29) is 0 Å². The standard InChI is InChI=1S/C14H26N2O/c1-10(2)5-14(17)16-8-12-6-15(11(3)4)7-13(12)9-16/h10-13H,5-9H2,1-4H3. The number of rotatable bonds is 3. The lowest BCUT2D eigenvalue weighted by Gasteiger charge is -2.24. The fourth-order valence-corrected chi connectivity index (χ4v) is 3.13. The molecule has 0 aromatic heterocycles. The lowest BCUT2D eigenvalue weighted by Crippen LogP contribution is -2.35. The van der Waals surface area contributed by atoms with E-state index in [1.54, 1.807) is 0 Å². The summed E-state index contributed by atoms with van der Waals surface area (Å²) in [4.78, 5) is 16.7. The van der Waals surface area contributed by atoms with Crippen LogP contribution >= 0.6 is 0 Å². The molecule has 0 spiro atoms. The molecule has 0 saturated carbocycles. The number of carbonyl (C=O) groups is 1. The zero-order valence-electron chi connectivity index (χ0n) is 11.6. The second-order valence-corrected chi connectivity index (χ2v) is 6.46. The summed E-state index contributed by atoms with van der Waals surface area (Å²) < 4.78 is 0. The third-order valence-corrected chi connectivity index (χ3v) is 4.18. The molecule has 0 N–H and O–H groups in total. The Kier molecular flexibility index (Phi) is 3.76. The molecule has 2 saturated heterocycles. The summed E-state index contributed by atoms with van der Waals surface area (Å²) in [6.45, 7) is 13.1. The molecule has 3 nitrogen and oxygen atoms in total. The van der Waals surface area contributed by atoms with Crippen LogP contribution in [0.15, 0.2) is 0 Å². The van der Waals surface area contributed by atoms with Gasteiger partial charge in [-0.3, -0.25) is 4.79 Å². The molecule has 2 heterocycles. The van der Waals surface area contributed by atoms with Crippen molar-refractivity contribution in [3.8, 4) is 0 Å². The maximum Gasteiger partial charge on any atom is 0.222 e. The average molecular weight is 238 g/mol. The second kappa shape index (κ2) is 4.97. The molecule has 1 amide bonds. The van der Waals surface area contributed by atoms with Crippen molar-refractivity contribution in [1.29, 1.82) is 0 Å². The van der Waals surface area contributed by atoms with Crippen LogP contribution in [-0.2, 0) is 4.79 Å². The summed E-state index contributed by atoms with van der Waals surface area (Å²) in [5, 5.41) is 0. The molecular weight excluding hydrogens is 212 g/mol. The second-order valence-electron chi connectivity index (χ2n) is 6.46. The van der Waals surface area contributed by atoms with E-state index in [9.17, 15) is 4.79 Å². The zero-order chi connectivity index (χ0) is 12.6. The van der Waals surface area contributed by atoms with Crippen LogP contribution in [0.25, 0.3) is 0 Å². The highest BCUT2D eigenvalue weighted by Gasteiger charge is 2.41. The predicted octanol–water partition coefficient (Wildman–Crippen LogP) is 1.83. The van der Waals surface area contributed by atoms with Crippen molar-refractivity contribution in [2.45, 2.75) is 40.2 Å². The number of amides is 1. The molecule has 2 aliphatic rings. The van der Waals surface area contributed by atoms with E-state index in [0.29, 0.717) is 24.3 Å². The highest BCUT2D eigenvalue weighted by Crippen LogP contribution is 2.32. The molecule has 0 radical (unpaired) electrons. The van der Waals surface area contributed by atoms with Gasteiger partial charge in [0.2, 0.25) is 5.91 Å². The van der Waals surface area contributed by atoms with Gasteiger partial charge in [-0.25, -0.2) is 0 Å². The van der Waals surface area contributed by atoms with E-state index in [0.717, 1.165) is 24.9 Å². The van der Waals surface area contributed by atoms with Gasteiger partial charge in [0.05, 0.1) is 0 Å². The van der Waals surface area contributed by atoms with Gasteiger partial charge in [0.1, 0.15) is 0 Å². The summed E-state index contributed by atoms with van der Waals surface area (Å²) in [6, 6.07) is 0.653. The van der Waals surface area contributed by atoms with Gasteiger partial charge in [0, 0.05) is 38.6 Å². The Morgan fingerprint density at radius 2 is 1.59 bits per heavy atom. The average Bonchev–Trinajstić information content (AvgIpc) is 2.71. The van der Waals surface area contributed by atoms with E-state index >= 15 is 0 Å². The van der Waals surface area contributed by atoms with Gasteiger partial charge >= 0.3 is 0 Å². The summed E-state index contributed by atoms with van der Waals surface area (Å²) in [6.07, 6.45) is 0.716. The number of fused-ring (bicyclic) bond motifs is 1. The van der Waals surface area contributed by atoms with Gasteiger partial charge in [0.25, 0.3) is 0 Å². The monoisotopic (exact) mass is 238 g/mol. The number of hydrogen-bond donors (Lipinski definition) is 0. The van der Waals surface area contributed by atoms with Crippen LogP contribution in [0.1, 0.15) is 34.1 Å². The van der Waals surface area contributed by atoms with Crippen LogP contribution in [0.4, 0.5) is 0 Å². The number of carbonyl (C=O) groups excluding carboxylic acids is 1. The molecule has 0 aliphatic carbocycles. The highest BCUT2D eigenvalue weighted by atomic mass is 16.2. The van der Waals surface area contributed by atoms with Gasteiger partial charge in [0.15, 0.2) is 0 Å². The van der Waals surface area contributed by atoms with E-state index in [1.807, 2.05) is 0 Å². The Labute approximate surface area is 105 Å². The van der Waals surface area contributed by atoms with Crippen molar-refractivity contribution in [1.82, 2.24) is 9.80 Å². The third kappa shape index (κ3) is 2.82. The minimum Gasteiger partial charge on any atom is -0.342 e. The van der Waals surface area contributed by atoms with Crippen LogP contribution in [0.5, 0.6) is 0 Å². The van der Waals surface area contributed by atoms with Crippen molar-refractivity contribution in [3.05, 3.63) is 0 Å². The Balaban J connectivity index is 1.85. The molecule has 0 bridgehead atoms. The molecular formula is C14H26N2O. The minimum absolute atomic E-state index is 0.366. The first-order valence-electron chi connectivity index (χ1n) is 6.99. The summed E-state index contributed by atoms with van der Waals surface area (Å²) in [5.41, 5.74) is 0. The van der Waals surface area contributed by atoms with Gasteiger partial charge in [-0.1, -0.05) is 13.8 Å². The molecule has 2 rings (SSSR count). The van der Waals surface area contributed by atoms with Crippen LogP contribution in [0.3, 0.4) is 0 Å². The quantitative estimate of drug-likeness (QED) is 0.749. The van der Waals surface area contributed by atoms with E-state index < -0.39 is 0 Å². The fraction of sp³-hybridized carbons (Fsp3) is 0.929. The fourth-order valence-electron chi connectivity index (χ4n) is 3.13. The van der Waals surface area contributed by atoms with E-state index in [4.69, 9.17) is 0 Å². The van der Waals surface area contributed by atoms with Gasteiger partial charge in [-0.05, 0) is 31.6 Å². The lowest BCUT2D eigenvalue weighted by atomic mass is 10.0. The Bertz CT molecular complexity index is 274. The summed E-state index contributed by atoms with van der Waals surface area (Å²) in [7, 11) is 0. The van der Waals surface area contributed by atoms with Crippen LogP contribution in [0, 0.1) is 17.8 Å². The molecule has 98 valence electrons. The normalized spacial score (nSPS) is 29.4. The molecule has 2 atom stereocenters. The van der Waals surface area contributed by atoms with Crippen LogP contribution in [0.2, 0.25) is 0 Å². The van der Waals surface area contributed by atoms with Crippen LogP contribution in [-0.4, -0.2) is 47.9 Å². The maximum atomic E-state index is 12.0. The summed E-state index contributed by atoms with van der Waals surface area (Å²) >= 11 is 0. The van der Waals surface area contributed by atoms with Crippen molar-refractivity contribution >= 4 is 5.91 Å². The van der Waals surface area contributed by atoms with Gasteiger partial charge < -0.3 is 9.80 Å². The zero-order valence-corrected chi connectivity index (χ0v) is 11.6. The third-order valence-electron chi connectivity index (χ3n) is 4.18. The van der Waals surface area contributed by atoms with Gasteiger partial charge in [-0.2, -0.15) is 0 Å². The Morgan fingerprint density at radius 3 is 2.00 bits per heavy atom. The van der Waals surface area contributed by atoms with E-state index in [1.165, 1.54) is 13.1 Å². The molecule has 0 aromatic rings. The topological polar surface area (TPSA) is 23.6 Å². The first-order chi connectivity index (χ1) is 7.97. The first-order valence-corrected chi connectivity index (χ1v) is 6.99. The van der Waals surface area contributed by atoms with Crippen molar-refractivity contribution in [2.75, 3.05) is 26.2 Å². The molecule has 2 unspecified atom stereocenters. The Hall–Kier alpha value is -0.570. The largest absolute Gasteiger partial charge is 0.342 e. The molecule has 2 aliphatic heterocycles. The SMILES string of the molecule is CC(C)CC(=O)N1CC2CN(C(C)C)CC2C1. The predicted molar refractivity (Wildman–Crippen MR) is 69.7 cm³/mol. The van der Waals surface area contributed by atoms with Gasteiger partial charge in [-0.15, -0.1) is 0 Å². The smallest absolute Gasteiger partial charge is 0.222 e. The highest BCUT2D eigenvalue weighted by molar-refractivity contribution is 5.76. The molecule has 3 heteroatoms.